The molecule has 1 fully saturated rings. The van der Waals surface area contributed by atoms with Gasteiger partial charge < -0.3 is 4.74 Å². The van der Waals surface area contributed by atoms with E-state index in [1.165, 1.54) is 12.0 Å². The molecule has 2 rings (SSSR count). The highest BCUT2D eigenvalue weighted by Gasteiger charge is 2.37. The summed E-state index contributed by atoms with van der Waals surface area (Å²) in [7, 11) is 0. The molecule has 1 aromatic heterocycles. The highest BCUT2D eigenvalue weighted by molar-refractivity contribution is 7.07. The van der Waals surface area contributed by atoms with E-state index in [2.05, 4.69) is 29.2 Å². The third-order valence-corrected chi connectivity index (χ3v) is 3.85. The van der Waals surface area contributed by atoms with Crippen molar-refractivity contribution in [1.82, 2.24) is 5.43 Å². The summed E-state index contributed by atoms with van der Waals surface area (Å²) in [5, 5.41) is 4.21. The third-order valence-electron chi connectivity index (χ3n) is 3.15. The second kappa shape index (κ2) is 4.61. The van der Waals surface area contributed by atoms with Crippen molar-refractivity contribution in [1.29, 1.82) is 0 Å². The number of nitrogens with two attached hydrogens (primary N) is 1. The van der Waals surface area contributed by atoms with Gasteiger partial charge in [0.05, 0.1) is 11.6 Å². The Morgan fingerprint density at radius 1 is 1.60 bits per heavy atom. The van der Waals surface area contributed by atoms with Crippen LogP contribution in [0.2, 0.25) is 0 Å². The average Bonchev–Trinajstić information content (AvgIpc) is 2.73. The van der Waals surface area contributed by atoms with E-state index in [1.807, 2.05) is 0 Å². The van der Waals surface area contributed by atoms with Crippen molar-refractivity contribution in [2.24, 2.45) is 5.84 Å². The van der Waals surface area contributed by atoms with Crippen molar-refractivity contribution in [3.8, 4) is 0 Å². The number of nitrogens with one attached hydrogen (secondary N) is 1. The first-order valence-corrected chi connectivity index (χ1v) is 6.33. The first-order chi connectivity index (χ1) is 7.26. The van der Waals surface area contributed by atoms with Gasteiger partial charge in [-0.25, -0.2) is 0 Å². The molecule has 15 heavy (non-hydrogen) atoms. The molecule has 0 radical (unpaired) electrons. The van der Waals surface area contributed by atoms with Gasteiger partial charge in [0.1, 0.15) is 0 Å². The van der Waals surface area contributed by atoms with E-state index in [1.54, 1.807) is 11.3 Å². The van der Waals surface area contributed by atoms with E-state index in [4.69, 9.17) is 10.6 Å². The summed E-state index contributed by atoms with van der Waals surface area (Å²) in [6.07, 6.45) is 3.45. The van der Waals surface area contributed by atoms with Gasteiger partial charge in [-0.05, 0) is 48.6 Å². The normalized spacial score (nSPS) is 28.9. The highest BCUT2D eigenvalue weighted by atomic mass is 32.1. The molecule has 0 aromatic carbocycles. The first kappa shape index (κ1) is 11.1. The van der Waals surface area contributed by atoms with Gasteiger partial charge in [-0.15, -0.1) is 0 Å². The lowest BCUT2D eigenvalue weighted by atomic mass is 9.85. The molecule has 2 atom stereocenters. The maximum absolute atomic E-state index is 5.90. The topological polar surface area (TPSA) is 47.3 Å². The predicted molar refractivity (Wildman–Crippen MR) is 62.6 cm³/mol. The molecular weight excluding hydrogens is 208 g/mol. The Balaban J connectivity index is 2.18. The van der Waals surface area contributed by atoms with Crippen LogP contribution in [-0.4, -0.2) is 12.2 Å². The molecule has 0 spiro atoms. The molecule has 3 nitrogen and oxygen atoms in total. The molecule has 3 N–H and O–H groups in total. The van der Waals surface area contributed by atoms with E-state index >= 15 is 0 Å². The third kappa shape index (κ3) is 2.23. The molecule has 2 unspecified atom stereocenters. The summed E-state index contributed by atoms with van der Waals surface area (Å²) in [6, 6.07) is 2.21. The standard InChI is InChI=1S/C11H18N2OS/c1-11(5-2-3-6-14-11)10(13-12)9-4-7-15-8-9/h4,7-8,10,13H,2-3,5-6,12H2,1H3. The van der Waals surface area contributed by atoms with Crippen molar-refractivity contribution < 1.29 is 4.74 Å². The Morgan fingerprint density at radius 3 is 3.00 bits per heavy atom. The molecule has 0 amide bonds. The van der Waals surface area contributed by atoms with E-state index in [-0.39, 0.29) is 11.6 Å². The molecule has 1 saturated heterocycles. The molecule has 84 valence electrons. The number of hydrazine groups is 1. The Bertz CT molecular complexity index is 294. The van der Waals surface area contributed by atoms with Crippen LogP contribution >= 0.6 is 11.3 Å². The maximum atomic E-state index is 5.90. The second-order valence-corrected chi connectivity index (χ2v) is 5.05. The van der Waals surface area contributed by atoms with Crippen molar-refractivity contribution >= 4 is 11.3 Å². The highest BCUT2D eigenvalue weighted by Crippen LogP contribution is 2.36. The molecule has 0 saturated carbocycles. The molecule has 0 bridgehead atoms. The zero-order valence-electron chi connectivity index (χ0n) is 9.03. The molecule has 0 aliphatic carbocycles. The minimum absolute atomic E-state index is 0.101. The van der Waals surface area contributed by atoms with E-state index in [0.29, 0.717) is 0 Å². The zero-order chi connectivity index (χ0) is 10.7. The van der Waals surface area contributed by atoms with Gasteiger partial charge in [0.2, 0.25) is 0 Å². The Morgan fingerprint density at radius 2 is 2.47 bits per heavy atom. The van der Waals surface area contributed by atoms with Gasteiger partial charge in [0, 0.05) is 6.61 Å². The Labute approximate surface area is 94.6 Å². The molecule has 4 heteroatoms. The van der Waals surface area contributed by atoms with Gasteiger partial charge in [-0.3, -0.25) is 11.3 Å². The van der Waals surface area contributed by atoms with Crippen LogP contribution in [-0.2, 0) is 4.74 Å². The fourth-order valence-electron chi connectivity index (χ4n) is 2.25. The SMILES string of the molecule is CC1(C(NN)c2ccsc2)CCCCO1. The molecular formula is C11H18N2OS. The minimum Gasteiger partial charge on any atom is -0.373 e. The van der Waals surface area contributed by atoms with Crippen molar-refractivity contribution in [2.45, 2.75) is 37.8 Å². The fourth-order valence-corrected chi connectivity index (χ4v) is 2.93. The van der Waals surface area contributed by atoms with Gasteiger partial charge in [0.25, 0.3) is 0 Å². The predicted octanol–water partition coefficient (Wildman–Crippen LogP) is 2.21. The lowest BCUT2D eigenvalue weighted by Crippen LogP contribution is -2.48. The van der Waals surface area contributed by atoms with Crippen molar-refractivity contribution in [3.63, 3.8) is 0 Å². The summed E-state index contributed by atoms with van der Waals surface area (Å²) in [5.41, 5.74) is 3.97. The van der Waals surface area contributed by atoms with Crippen LogP contribution in [0.15, 0.2) is 16.8 Å². The van der Waals surface area contributed by atoms with Crippen molar-refractivity contribution in [3.05, 3.63) is 22.4 Å². The Kier molecular flexibility index (Phi) is 3.41. The molecule has 2 heterocycles. The van der Waals surface area contributed by atoms with Crippen LogP contribution in [0, 0.1) is 0 Å². The molecule has 1 aromatic rings. The van der Waals surface area contributed by atoms with Gasteiger partial charge in [-0.1, -0.05) is 0 Å². The number of hydrogen-bond acceptors (Lipinski definition) is 4. The maximum Gasteiger partial charge on any atom is 0.0861 e. The summed E-state index contributed by atoms with van der Waals surface area (Å²) < 4.78 is 5.90. The monoisotopic (exact) mass is 226 g/mol. The number of hydrogen-bond donors (Lipinski definition) is 2. The van der Waals surface area contributed by atoms with E-state index < -0.39 is 0 Å². The Hall–Kier alpha value is -0.420. The van der Waals surface area contributed by atoms with Crippen LogP contribution in [0.3, 0.4) is 0 Å². The number of ether oxygens (including phenoxy) is 1. The van der Waals surface area contributed by atoms with Crippen LogP contribution in [0.25, 0.3) is 0 Å². The fraction of sp³-hybridized carbons (Fsp3) is 0.636. The molecule has 1 aliphatic heterocycles. The van der Waals surface area contributed by atoms with Crippen LogP contribution in [0.4, 0.5) is 0 Å². The van der Waals surface area contributed by atoms with Gasteiger partial charge in [-0.2, -0.15) is 11.3 Å². The molecule has 1 aliphatic rings. The van der Waals surface area contributed by atoms with Crippen LogP contribution < -0.4 is 11.3 Å². The lowest BCUT2D eigenvalue weighted by Gasteiger charge is -2.40. The van der Waals surface area contributed by atoms with Crippen LogP contribution in [0.5, 0.6) is 0 Å². The van der Waals surface area contributed by atoms with Gasteiger partial charge >= 0.3 is 0 Å². The summed E-state index contributed by atoms with van der Waals surface area (Å²) >= 11 is 1.69. The average molecular weight is 226 g/mol. The quantitative estimate of drug-likeness (QED) is 0.613. The smallest absolute Gasteiger partial charge is 0.0861 e. The first-order valence-electron chi connectivity index (χ1n) is 5.38. The number of rotatable bonds is 3. The summed E-state index contributed by atoms with van der Waals surface area (Å²) in [6.45, 7) is 2.99. The summed E-state index contributed by atoms with van der Waals surface area (Å²) in [5.74, 6) is 5.65. The van der Waals surface area contributed by atoms with Crippen LogP contribution in [0.1, 0.15) is 37.8 Å². The van der Waals surface area contributed by atoms with E-state index in [0.717, 1.165) is 19.4 Å². The lowest BCUT2D eigenvalue weighted by molar-refractivity contribution is -0.0898. The van der Waals surface area contributed by atoms with Crippen molar-refractivity contribution in [2.75, 3.05) is 6.61 Å². The largest absolute Gasteiger partial charge is 0.373 e. The van der Waals surface area contributed by atoms with Gasteiger partial charge in [0.15, 0.2) is 0 Å². The van der Waals surface area contributed by atoms with E-state index in [9.17, 15) is 0 Å². The summed E-state index contributed by atoms with van der Waals surface area (Å²) in [4.78, 5) is 0. The minimum atomic E-state index is -0.159. The second-order valence-electron chi connectivity index (χ2n) is 4.27. The number of thiophene rings is 1. The zero-order valence-corrected chi connectivity index (χ0v) is 9.85.